The molecular weight excluding hydrogens is 236 g/mol. The van der Waals surface area contributed by atoms with Crippen molar-refractivity contribution in [2.24, 2.45) is 7.05 Å². The number of carbonyl (C=O) groups excluding carboxylic acids is 1. The van der Waals surface area contributed by atoms with Gasteiger partial charge < -0.3 is 0 Å². The maximum atomic E-state index is 11.8. The number of hydrogen-bond donors (Lipinski definition) is 0. The number of benzene rings is 1. The summed E-state index contributed by atoms with van der Waals surface area (Å²) in [6, 6.07) is 7.37. The van der Waals surface area contributed by atoms with Crippen LogP contribution < -0.4 is 0 Å². The average molecular weight is 247 g/mol. The highest BCUT2D eigenvalue weighted by atomic mass is 35.5. The van der Waals surface area contributed by atoms with Gasteiger partial charge in [-0.3, -0.25) is 9.48 Å². The first-order valence-corrected chi connectivity index (χ1v) is 5.50. The van der Waals surface area contributed by atoms with Gasteiger partial charge in [0.15, 0.2) is 5.78 Å². The molecule has 4 heteroatoms. The summed E-state index contributed by atoms with van der Waals surface area (Å²) in [6.45, 7) is 0. The molecule has 0 bridgehead atoms. The molecular formula is C13H11ClN2O. The summed E-state index contributed by atoms with van der Waals surface area (Å²) in [4.78, 5) is 11.8. The van der Waals surface area contributed by atoms with Crippen LogP contribution in [0.1, 0.15) is 15.9 Å². The van der Waals surface area contributed by atoms with Gasteiger partial charge in [-0.05, 0) is 23.8 Å². The molecule has 0 amide bonds. The fourth-order valence-corrected chi connectivity index (χ4v) is 1.62. The SMILES string of the molecule is Cn1cc(C(=O)C=Cc2ccccc2Cl)cn1. The van der Waals surface area contributed by atoms with Crippen LogP contribution in [-0.4, -0.2) is 15.6 Å². The predicted octanol–water partition coefficient (Wildman–Crippen LogP) is 2.97. The topological polar surface area (TPSA) is 34.9 Å². The highest BCUT2D eigenvalue weighted by Crippen LogP contribution is 2.16. The number of nitrogens with zero attached hydrogens (tertiary/aromatic N) is 2. The Balaban J connectivity index is 2.17. The molecule has 0 saturated carbocycles. The lowest BCUT2D eigenvalue weighted by atomic mass is 10.1. The van der Waals surface area contributed by atoms with Gasteiger partial charge in [0.05, 0.1) is 11.8 Å². The van der Waals surface area contributed by atoms with E-state index in [0.717, 1.165) is 5.56 Å². The third-order valence-corrected chi connectivity index (χ3v) is 2.65. The van der Waals surface area contributed by atoms with Crippen LogP contribution in [-0.2, 0) is 7.05 Å². The molecule has 86 valence electrons. The van der Waals surface area contributed by atoms with Crippen molar-refractivity contribution in [1.82, 2.24) is 9.78 Å². The van der Waals surface area contributed by atoms with Crippen molar-refractivity contribution in [2.75, 3.05) is 0 Å². The molecule has 0 fully saturated rings. The highest BCUT2D eigenvalue weighted by molar-refractivity contribution is 6.32. The Morgan fingerprint density at radius 2 is 2.18 bits per heavy atom. The second-order valence-electron chi connectivity index (χ2n) is 3.62. The van der Waals surface area contributed by atoms with E-state index in [1.165, 1.54) is 6.08 Å². The Kier molecular flexibility index (Phi) is 3.40. The largest absolute Gasteiger partial charge is 0.289 e. The lowest BCUT2D eigenvalue weighted by Crippen LogP contribution is -1.91. The zero-order valence-corrected chi connectivity index (χ0v) is 10.1. The molecule has 0 unspecified atom stereocenters. The smallest absolute Gasteiger partial charge is 0.189 e. The molecule has 0 N–H and O–H groups in total. The molecule has 17 heavy (non-hydrogen) atoms. The Bertz CT molecular complexity index is 572. The zero-order chi connectivity index (χ0) is 12.3. The number of aryl methyl sites for hydroxylation is 1. The van der Waals surface area contributed by atoms with Crippen molar-refractivity contribution in [3.63, 3.8) is 0 Å². The van der Waals surface area contributed by atoms with Gasteiger partial charge in [-0.15, -0.1) is 0 Å². The molecule has 0 aliphatic rings. The fraction of sp³-hybridized carbons (Fsp3) is 0.0769. The van der Waals surface area contributed by atoms with Gasteiger partial charge in [0.25, 0.3) is 0 Å². The molecule has 0 aliphatic heterocycles. The van der Waals surface area contributed by atoms with Gasteiger partial charge in [-0.2, -0.15) is 5.10 Å². The standard InChI is InChI=1S/C13H11ClN2O/c1-16-9-11(8-15-16)13(17)7-6-10-4-2-3-5-12(10)14/h2-9H,1H3. The fourth-order valence-electron chi connectivity index (χ4n) is 1.42. The minimum Gasteiger partial charge on any atom is -0.289 e. The first-order chi connectivity index (χ1) is 8.16. The third-order valence-electron chi connectivity index (χ3n) is 2.31. The molecule has 0 spiro atoms. The van der Waals surface area contributed by atoms with E-state index in [1.54, 1.807) is 36.3 Å². The van der Waals surface area contributed by atoms with Crippen LogP contribution >= 0.6 is 11.6 Å². The summed E-state index contributed by atoms with van der Waals surface area (Å²) in [5.41, 5.74) is 1.39. The van der Waals surface area contributed by atoms with Crippen molar-refractivity contribution in [2.45, 2.75) is 0 Å². The summed E-state index contributed by atoms with van der Waals surface area (Å²) in [5, 5.41) is 4.57. The zero-order valence-electron chi connectivity index (χ0n) is 9.30. The maximum absolute atomic E-state index is 11.8. The van der Waals surface area contributed by atoms with E-state index in [0.29, 0.717) is 10.6 Å². The Labute approximate surface area is 104 Å². The maximum Gasteiger partial charge on any atom is 0.189 e. The average Bonchev–Trinajstić information content (AvgIpc) is 2.74. The number of hydrogen-bond acceptors (Lipinski definition) is 2. The molecule has 0 atom stereocenters. The van der Waals surface area contributed by atoms with E-state index in [2.05, 4.69) is 5.10 Å². The first kappa shape index (κ1) is 11.6. The number of allylic oxidation sites excluding steroid dienone is 1. The van der Waals surface area contributed by atoms with Crippen LogP contribution in [0.2, 0.25) is 5.02 Å². The molecule has 3 nitrogen and oxygen atoms in total. The van der Waals surface area contributed by atoms with Crippen molar-refractivity contribution in [3.05, 3.63) is 58.9 Å². The minimum absolute atomic E-state index is 0.0852. The Morgan fingerprint density at radius 1 is 1.41 bits per heavy atom. The van der Waals surface area contributed by atoms with Crippen LogP contribution in [0.25, 0.3) is 6.08 Å². The number of halogens is 1. The van der Waals surface area contributed by atoms with E-state index in [9.17, 15) is 4.79 Å². The molecule has 0 saturated heterocycles. The normalized spacial score (nSPS) is 10.9. The minimum atomic E-state index is -0.0852. The van der Waals surface area contributed by atoms with E-state index in [4.69, 9.17) is 11.6 Å². The van der Waals surface area contributed by atoms with Crippen LogP contribution in [0.3, 0.4) is 0 Å². The number of carbonyl (C=O) groups is 1. The van der Waals surface area contributed by atoms with Crippen molar-refractivity contribution >= 4 is 23.5 Å². The number of aromatic nitrogens is 2. The molecule has 2 rings (SSSR count). The van der Waals surface area contributed by atoms with E-state index < -0.39 is 0 Å². The van der Waals surface area contributed by atoms with Gasteiger partial charge in [0.1, 0.15) is 0 Å². The van der Waals surface area contributed by atoms with Gasteiger partial charge in [-0.1, -0.05) is 29.8 Å². The molecule has 0 aliphatic carbocycles. The second kappa shape index (κ2) is 4.97. The Morgan fingerprint density at radius 3 is 2.82 bits per heavy atom. The summed E-state index contributed by atoms with van der Waals surface area (Å²) in [5.74, 6) is -0.0852. The van der Waals surface area contributed by atoms with Crippen LogP contribution in [0, 0.1) is 0 Å². The summed E-state index contributed by atoms with van der Waals surface area (Å²) >= 11 is 5.98. The van der Waals surface area contributed by atoms with Crippen LogP contribution in [0.4, 0.5) is 0 Å². The monoisotopic (exact) mass is 246 g/mol. The molecule has 1 aromatic carbocycles. The van der Waals surface area contributed by atoms with E-state index in [1.807, 2.05) is 18.2 Å². The second-order valence-corrected chi connectivity index (χ2v) is 4.03. The first-order valence-electron chi connectivity index (χ1n) is 5.12. The molecule has 1 aromatic heterocycles. The van der Waals surface area contributed by atoms with Crippen molar-refractivity contribution in [3.8, 4) is 0 Å². The highest BCUT2D eigenvalue weighted by Gasteiger charge is 2.03. The van der Waals surface area contributed by atoms with E-state index >= 15 is 0 Å². The van der Waals surface area contributed by atoms with Gasteiger partial charge in [-0.25, -0.2) is 0 Å². The third kappa shape index (κ3) is 2.82. The van der Waals surface area contributed by atoms with Gasteiger partial charge in [0, 0.05) is 18.3 Å². The Hall–Kier alpha value is -1.87. The van der Waals surface area contributed by atoms with Crippen LogP contribution in [0.15, 0.2) is 42.7 Å². The van der Waals surface area contributed by atoms with Crippen molar-refractivity contribution in [1.29, 1.82) is 0 Å². The van der Waals surface area contributed by atoms with Crippen molar-refractivity contribution < 1.29 is 4.79 Å². The van der Waals surface area contributed by atoms with Gasteiger partial charge >= 0.3 is 0 Å². The predicted molar refractivity (Wildman–Crippen MR) is 68.0 cm³/mol. The lowest BCUT2D eigenvalue weighted by molar-refractivity contribution is 0.104. The quantitative estimate of drug-likeness (QED) is 0.617. The van der Waals surface area contributed by atoms with Gasteiger partial charge in [0.2, 0.25) is 0 Å². The number of rotatable bonds is 3. The molecule has 1 heterocycles. The summed E-state index contributed by atoms with van der Waals surface area (Å²) < 4.78 is 1.59. The van der Waals surface area contributed by atoms with E-state index in [-0.39, 0.29) is 5.78 Å². The molecule has 0 radical (unpaired) electrons. The molecule has 2 aromatic rings. The summed E-state index contributed by atoms with van der Waals surface area (Å²) in [7, 11) is 1.77. The summed E-state index contributed by atoms with van der Waals surface area (Å²) in [6.07, 6.45) is 6.43. The number of ketones is 1. The van der Waals surface area contributed by atoms with Crippen LogP contribution in [0.5, 0.6) is 0 Å². The lowest BCUT2D eigenvalue weighted by Gasteiger charge is -1.95.